The smallest absolute Gasteiger partial charge is 0.356 e. The molecule has 3 aromatic rings. The number of hydrogen-bond acceptors (Lipinski definition) is 6. The lowest BCUT2D eigenvalue weighted by Crippen LogP contribution is -2.45. The van der Waals surface area contributed by atoms with Gasteiger partial charge in [-0.25, -0.2) is 14.6 Å². The molecule has 2 atom stereocenters. The van der Waals surface area contributed by atoms with Gasteiger partial charge in [-0.2, -0.15) is 0 Å². The summed E-state index contributed by atoms with van der Waals surface area (Å²) in [5.74, 6) is -3.27. The number of aryl methyl sites for hydroxylation is 2. The van der Waals surface area contributed by atoms with Crippen molar-refractivity contribution in [3.8, 4) is 0 Å². The molecule has 0 radical (unpaired) electrons. The van der Waals surface area contributed by atoms with Crippen molar-refractivity contribution in [1.82, 2.24) is 24.9 Å². The fraction of sp³-hybridized carbons (Fsp3) is 0.517. The molecule has 0 aliphatic heterocycles. The number of carbonyl (C=O) groups is 3. The van der Waals surface area contributed by atoms with Crippen LogP contribution in [0.25, 0.3) is 10.9 Å². The number of fused-ring (bicyclic) bond motifs is 1. The van der Waals surface area contributed by atoms with E-state index in [0.29, 0.717) is 17.9 Å². The van der Waals surface area contributed by atoms with E-state index < -0.39 is 29.8 Å². The third kappa shape index (κ3) is 6.33. The van der Waals surface area contributed by atoms with Crippen molar-refractivity contribution in [1.29, 1.82) is 0 Å². The molecule has 1 aromatic carbocycles. The Hall–Kier alpha value is -3.66. The summed E-state index contributed by atoms with van der Waals surface area (Å²) < 4.78 is 2.01. The van der Waals surface area contributed by atoms with Crippen LogP contribution in [0.4, 0.5) is 0 Å². The second-order valence-electron chi connectivity index (χ2n) is 10.9. The first-order chi connectivity index (χ1) is 18.6. The molecule has 1 aliphatic rings. The summed E-state index contributed by atoms with van der Waals surface area (Å²) in [5.41, 5.74) is 2.29. The van der Waals surface area contributed by atoms with Gasteiger partial charge < -0.3 is 24.8 Å². The quantitative estimate of drug-likeness (QED) is 0.260. The Labute approximate surface area is 228 Å². The maximum Gasteiger partial charge on any atom is 0.356 e. The van der Waals surface area contributed by atoms with E-state index in [0.717, 1.165) is 42.1 Å². The Morgan fingerprint density at radius 1 is 1.21 bits per heavy atom. The molecule has 10 heteroatoms. The molecule has 4 rings (SSSR count). The zero-order valence-electron chi connectivity index (χ0n) is 23.4. The summed E-state index contributed by atoms with van der Waals surface area (Å²) in [5, 5.41) is 15.2. The fourth-order valence-corrected chi connectivity index (χ4v) is 5.54. The Morgan fingerprint density at radius 3 is 2.54 bits per heavy atom. The summed E-state index contributed by atoms with van der Waals surface area (Å²) in [4.78, 5) is 51.6. The Kier molecular flexibility index (Phi) is 8.74. The van der Waals surface area contributed by atoms with E-state index in [2.05, 4.69) is 15.3 Å². The van der Waals surface area contributed by atoms with Gasteiger partial charge in [0.1, 0.15) is 11.7 Å². The molecule has 0 bridgehead atoms. The van der Waals surface area contributed by atoms with Crippen LogP contribution in [-0.2, 0) is 27.9 Å². The van der Waals surface area contributed by atoms with E-state index in [1.165, 1.54) is 6.42 Å². The second kappa shape index (κ2) is 12.0. The lowest BCUT2D eigenvalue weighted by Gasteiger charge is -2.31. The largest absolute Gasteiger partial charge is 0.476 e. The van der Waals surface area contributed by atoms with Crippen molar-refractivity contribution in [2.45, 2.75) is 71.4 Å². The minimum absolute atomic E-state index is 0.101. The van der Waals surface area contributed by atoms with Gasteiger partial charge in [0.05, 0.1) is 6.04 Å². The van der Waals surface area contributed by atoms with Gasteiger partial charge in [0, 0.05) is 49.4 Å². The normalized spacial score (nSPS) is 16.0. The van der Waals surface area contributed by atoms with Crippen LogP contribution in [-0.4, -0.2) is 55.6 Å². The van der Waals surface area contributed by atoms with Gasteiger partial charge >= 0.3 is 11.9 Å². The number of aromatic amines is 1. The van der Waals surface area contributed by atoms with Gasteiger partial charge in [-0.3, -0.25) is 4.79 Å². The summed E-state index contributed by atoms with van der Waals surface area (Å²) in [6, 6.07) is 7.39. The van der Waals surface area contributed by atoms with E-state index in [1.807, 2.05) is 55.9 Å². The van der Waals surface area contributed by atoms with E-state index in [9.17, 15) is 19.5 Å². The van der Waals surface area contributed by atoms with Crippen LogP contribution in [0.1, 0.15) is 79.6 Å². The topological polar surface area (TPSA) is 130 Å². The van der Waals surface area contributed by atoms with Gasteiger partial charge in [-0.05, 0) is 37.3 Å². The molecular formula is C29H39N5O5. The molecule has 1 saturated carbocycles. The van der Waals surface area contributed by atoms with Crippen LogP contribution in [0.15, 0.2) is 30.5 Å². The van der Waals surface area contributed by atoms with Gasteiger partial charge in [-0.1, -0.05) is 51.3 Å². The average Bonchev–Trinajstić information content (AvgIpc) is 3.44. The van der Waals surface area contributed by atoms with Crippen LogP contribution in [0.5, 0.6) is 0 Å². The van der Waals surface area contributed by atoms with Crippen molar-refractivity contribution < 1.29 is 24.3 Å². The van der Waals surface area contributed by atoms with E-state index >= 15 is 0 Å². The SMILES string of the molecule is Cc1[nH]c([C@@H](Cc2cn(C)c3ccccc23)NC(=O)[C@@H](C(=O)ON(C)C2CCCCC2)C(C)C)nc1C(=O)O. The maximum atomic E-state index is 13.7. The van der Waals surface area contributed by atoms with Crippen molar-refractivity contribution >= 4 is 28.7 Å². The predicted molar refractivity (Wildman–Crippen MR) is 147 cm³/mol. The number of H-pyrrole nitrogens is 1. The molecule has 2 aromatic heterocycles. The first-order valence-corrected chi connectivity index (χ1v) is 13.6. The Morgan fingerprint density at radius 2 is 1.90 bits per heavy atom. The number of nitrogens with one attached hydrogen (secondary N) is 2. The number of para-hydroxylation sites is 1. The average molecular weight is 538 g/mol. The van der Waals surface area contributed by atoms with Crippen molar-refractivity contribution in [2.24, 2.45) is 18.9 Å². The number of carboxylic acids is 1. The number of carbonyl (C=O) groups excluding carboxylic acids is 2. The number of nitrogens with zero attached hydrogens (tertiary/aromatic N) is 3. The summed E-state index contributed by atoms with van der Waals surface area (Å²) in [6.45, 7) is 5.25. The summed E-state index contributed by atoms with van der Waals surface area (Å²) in [6.07, 6.45) is 7.63. The molecule has 2 heterocycles. The minimum Gasteiger partial charge on any atom is -0.476 e. The second-order valence-corrected chi connectivity index (χ2v) is 10.9. The maximum absolute atomic E-state index is 13.7. The number of hydroxylamine groups is 2. The first-order valence-electron chi connectivity index (χ1n) is 13.6. The number of carboxylic acid groups (broad SMARTS) is 1. The molecular weight excluding hydrogens is 498 g/mol. The number of aromatic nitrogens is 3. The standard InChI is InChI=1S/C29H39N5O5/c1-17(2)24(29(38)39-34(5)20-11-7-6-8-12-20)27(35)31-22(26-30-18(3)25(32-26)28(36)37)15-19-16-33(4)23-14-10-9-13-21(19)23/h9-10,13-14,16-17,20,22,24H,6-8,11-12,15H2,1-5H3,(H,30,32)(H,31,35)(H,36,37)/t22-,24+/m1/s1. The van der Waals surface area contributed by atoms with Crippen LogP contribution >= 0.6 is 0 Å². The molecule has 1 fully saturated rings. The highest BCUT2D eigenvalue weighted by atomic mass is 16.7. The van der Waals surface area contributed by atoms with Gasteiger partial charge in [0.25, 0.3) is 0 Å². The van der Waals surface area contributed by atoms with E-state index in [4.69, 9.17) is 4.84 Å². The monoisotopic (exact) mass is 537 g/mol. The molecule has 0 unspecified atom stereocenters. The van der Waals surface area contributed by atoms with Crippen LogP contribution in [0.2, 0.25) is 0 Å². The zero-order valence-corrected chi connectivity index (χ0v) is 23.4. The molecule has 10 nitrogen and oxygen atoms in total. The van der Waals surface area contributed by atoms with Gasteiger partial charge in [0.2, 0.25) is 5.91 Å². The molecule has 210 valence electrons. The third-order valence-electron chi connectivity index (χ3n) is 7.68. The third-order valence-corrected chi connectivity index (χ3v) is 7.68. The molecule has 0 saturated heterocycles. The van der Waals surface area contributed by atoms with Crippen LogP contribution < -0.4 is 5.32 Å². The minimum atomic E-state index is -1.15. The lowest BCUT2D eigenvalue weighted by atomic mass is 9.94. The molecule has 3 N–H and O–H groups in total. The Balaban J connectivity index is 1.60. The van der Waals surface area contributed by atoms with Crippen molar-refractivity contribution in [3.63, 3.8) is 0 Å². The molecule has 1 aliphatic carbocycles. The van der Waals surface area contributed by atoms with Crippen molar-refractivity contribution in [3.05, 3.63) is 53.2 Å². The molecule has 39 heavy (non-hydrogen) atoms. The zero-order chi connectivity index (χ0) is 28.3. The number of hydrogen-bond donors (Lipinski definition) is 3. The molecule has 0 spiro atoms. The fourth-order valence-electron chi connectivity index (χ4n) is 5.54. The summed E-state index contributed by atoms with van der Waals surface area (Å²) in [7, 11) is 3.71. The van der Waals surface area contributed by atoms with E-state index in [-0.39, 0.29) is 17.7 Å². The van der Waals surface area contributed by atoms with Crippen LogP contribution in [0, 0.1) is 18.8 Å². The van der Waals surface area contributed by atoms with E-state index in [1.54, 1.807) is 19.0 Å². The van der Waals surface area contributed by atoms with Crippen molar-refractivity contribution in [2.75, 3.05) is 7.05 Å². The number of rotatable bonds is 10. The summed E-state index contributed by atoms with van der Waals surface area (Å²) >= 11 is 0. The highest BCUT2D eigenvalue weighted by Crippen LogP contribution is 2.27. The number of aromatic carboxylic acids is 1. The first kappa shape index (κ1) is 28.4. The highest BCUT2D eigenvalue weighted by molar-refractivity contribution is 5.98. The van der Waals surface area contributed by atoms with Gasteiger partial charge in [-0.15, -0.1) is 5.06 Å². The highest BCUT2D eigenvalue weighted by Gasteiger charge is 2.36. The van der Waals surface area contributed by atoms with Gasteiger partial charge in [0.15, 0.2) is 5.69 Å². The van der Waals surface area contributed by atoms with Crippen LogP contribution in [0.3, 0.4) is 0 Å². The Bertz CT molecular complexity index is 1340. The number of benzene rings is 1. The predicted octanol–water partition coefficient (Wildman–Crippen LogP) is 4.30. The molecule has 1 amide bonds. The lowest BCUT2D eigenvalue weighted by molar-refractivity contribution is -0.203. The number of amides is 1. The number of imidazole rings is 1.